The molecule has 102 valence electrons. The summed E-state index contributed by atoms with van der Waals surface area (Å²) >= 11 is 0. The summed E-state index contributed by atoms with van der Waals surface area (Å²) in [5, 5.41) is 20.5. The van der Waals surface area contributed by atoms with E-state index in [0.29, 0.717) is 12.8 Å². The summed E-state index contributed by atoms with van der Waals surface area (Å²) in [7, 11) is -0.871. The molecule has 1 unspecified atom stereocenters. The lowest BCUT2D eigenvalue weighted by molar-refractivity contribution is -0.147. The first-order chi connectivity index (χ1) is 8.65. The zero-order chi connectivity index (χ0) is 13.4. The standard InChI is InChI=1S/C12H18O5S/c13-5-1-2-6-17-12(16)10(9-11(14)15)18-7-3-4-8-18/h3-4,7-8,10,13,18H,1-2,5-6,9H2,(H,14,15). The van der Waals surface area contributed by atoms with Gasteiger partial charge in [-0.3, -0.25) is 9.59 Å². The molecule has 0 aromatic rings. The van der Waals surface area contributed by atoms with Crippen LogP contribution >= 0.6 is 10.9 Å². The van der Waals surface area contributed by atoms with E-state index in [9.17, 15) is 9.59 Å². The molecule has 0 aromatic carbocycles. The maximum atomic E-state index is 11.8. The second-order valence-corrected chi connectivity index (χ2v) is 5.96. The number of carboxylic acids is 1. The zero-order valence-electron chi connectivity index (χ0n) is 9.99. The maximum absolute atomic E-state index is 11.8. The van der Waals surface area contributed by atoms with E-state index in [-0.39, 0.29) is 19.6 Å². The van der Waals surface area contributed by atoms with Crippen LogP contribution in [0.1, 0.15) is 19.3 Å². The zero-order valence-corrected chi connectivity index (χ0v) is 10.9. The maximum Gasteiger partial charge on any atom is 0.318 e. The number of carbonyl (C=O) groups excluding carboxylic acids is 1. The Morgan fingerprint density at radius 2 is 1.89 bits per heavy atom. The van der Waals surface area contributed by atoms with Crippen molar-refractivity contribution in [2.45, 2.75) is 24.5 Å². The van der Waals surface area contributed by atoms with Gasteiger partial charge in [0.05, 0.1) is 13.0 Å². The molecule has 0 fully saturated rings. The molecular formula is C12H18O5S. The van der Waals surface area contributed by atoms with E-state index in [0.717, 1.165) is 0 Å². The molecule has 5 nitrogen and oxygen atoms in total. The van der Waals surface area contributed by atoms with Gasteiger partial charge in [-0.15, -0.1) is 0 Å². The quantitative estimate of drug-likeness (QED) is 0.352. The van der Waals surface area contributed by atoms with Crippen LogP contribution in [0.15, 0.2) is 23.0 Å². The Morgan fingerprint density at radius 3 is 2.44 bits per heavy atom. The molecule has 0 radical (unpaired) electrons. The Bertz CT molecular complexity index is 338. The third-order valence-electron chi connectivity index (χ3n) is 2.42. The summed E-state index contributed by atoms with van der Waals surface area (Å²) in [5.74, 6) is -1.46. The number of aliphatic carboxylic acids is 1. The first-order valence-corrected chi connectivity index (χ1v) is 7.32. The van der Waals surface area contributed by atoms with Crippen molar-refractivity contribution in [3.8, 4) is 0 Å². The van der Waals surface area contributed by atoms with Crippen molar-refractivity contribution in [2.75, 3.05) is 13.2 Å². The molecule has 1 heterocycles. The van der Waals surface area contributed by atoms with Gasteiger partial charge in [-0.2, -0.15) is 10.9 Å². The lowest BCUT2D eigenvalue weighted by atomic mass is 10.3. The molecule has 1 rings (SSSR count). The Kier molecular flexibility index (Phi) is 6.53. The van der Waals surface area contributed by atoms with E-state index >= 15 is 0 Å². The van der Waals surface area contributed by atoms with Crippen LogP contribution in [-0.4, -0.2) is 40.6 Å². The van der Waals surface area contributed by atoms with Crippen molar-refractivity contribution in [2.24, 2.45) is 0 Å². The van der Waals surface area contributed by atoms with E-state index in [1.807, 2.05) is 23.0 Å². The molecule has 0 saturated heterocycles. The predicted molar refractivity (Wildman–Crippen MR) is 70.6 cm³/mol. The Balaban J connectivity index is 2.48. The highest BCUT2D eigenvalue weighted by Crippen LogP contribution is 2.40. The molecular weight excluding hydrogens is 256 g/mol. The average Bonchev–Trinajstić information content (AvgIpc) is 2.84. The van der Waals surface area contributed by atoms with E-state index < -0.39 is 28.1 Å². The van der Waals surface area contributed by atoms with E-state index in [4.69, 9.17) is 14.9 Å². The molecule has 0 aromatic heterocycles. The van der Waals surface area contributed by atoms with Gasteiger partial charge < -0.3 is 14.9 Å². The highest BCUT2D eigenvalue weighted by atomic mass is 32.2. The van der Waals surface area contributed by atoms with Gasteiger partial charge in [0.25, 0.3) is 0 Å². The molecule has 18 heavy (non-hydrogen) atoms. The normalized spacial score (nSPS) is 16.8. The van der Waals surface area contributed by atoms with E-state index in [2.05, 4.69) is 0 Å². The first-order valence-electron chi connectivity index (χ1n) is 5.77. The van der Waals surface area contributed by atoms with Gasteiger partial charge in [-0.05, 0) is 23.7 Å². The summed E-state index contributed by atoms with van der Waals surface area (Å²) in [6.07, 6.45) is 4.59. The number of ether oxygens (including phenoxy) is 1. The molecule has 1 atom stereocenters. The van der Waals surface area contributed by atoms with Gasteiger partial charge in [-0.1, -0.05) is 12.2 Å². The molecule has 6 heteroatoms. The number of thiol groups is 1. The van der Waals surface area contributed by atoms with Crippen molar-refractivity contribution in [3.05, 3.63) is 23.0 Å². The van der Waals surface area contributed by atoms with Crippen LogP contribution in [0.2, 0.25) is 0 Å². The van der Waals surface area contributed by atoms with Crippen molar-refractivity contribution in [1.82, 2.24) is 0 Å². The lowest BCUT2D eigenvalue weighted by Crippen LogP contribution is -2.25. The minimum atomic E-state index is -0.997. The highest BCUT2D eigenvalue weighted by Gasteiger charge is 2.27. The van der Waals surface area contributed by atoms with E-state index in [1.165, 1.54) is 0 Å². The predicted octanol–water partition coefficient (Wildman–Crippen LogP) is 1.19. The number of allylic oxidation sites excluding steroid dienone is 2. The van der Waals surface area contributed by atoms with Gasteiger partial charge in [0.15, 0.2) is 0 Å². The average molecular weight is 274 g/mol. The SMILES string of the molecule is O=C(O)CC(C(=O)OCCCCO)[SH]1C=CC=C1. The van der Waals surface area contributed by atoms with Crippen molar-refractivity contribution >= 4 is 22.8 Å². The molecule has 1 aliphatic heterocycles. The first kappa shape index (κ1) is 14.8. The fourth-order valence-electron chi connectivity index (χ4n) is 1.51. The Labute approximate surface area is 108 Å². The van der Waals surface area contributed by atoms with Crippen LogP contribution in [0.25, 0.3) is 0 Å². The molecule has 0 bridgehead atoms. The minimum Gasteiger partial charge on any atom is -0.481 e. The summed E-state index contributed by atoms with van der Waals surface area (Å²) < 4.78 is 5.05. The second-order valence-electron chi connectivity index (χ2n) is 3.84. The summed E-state index contributed by atoms with van der Waals surface area (Å²) in [6.45, 7) is 0.292. The molecule has 0 spiro atoms. The van der Waals surface area contributed by atoms with Crippen LogP contribution < -0.4 is 0 Å². The second kappa shape index (κ2) is 7.94. The minimum absolute atomic E-state index is 0.0638. The van der Waals surface area contributed by atoms with Crippen molar-refractivity contribution in [1.29, 1.82) is 0 Å². The number of esters is 1. The summed E-state index contributed by atoms with van der Waals surface area (Å²) in [5.41, 5.74) is 0. The number of aliphatic hydroxyl groups is 1. The molecule has 0 aliphatic carbocycles. The number of aliphatic hydroxyl groups excluding tert-OH is 1. The number of hydrogen-bond donors (Lipinski definition) is 3. The number of hydrogen-bond acceptors (Lipinski definition) is 4. The van der Waals surface area contributed by atoms with Crippen LogP contribution in [0.3, 0.4) is 0 Å². The van der Waals surface area contributed by atoms with Crippen molar-refractivity contribution < 1.29 is 24.5 Å². The van der Waals surface area contributed by atoms with Crippen LogP contribution in [0.4, 0.5) is 0 Å². The number of carboxylic acid groups (broad SMARTS) is 1. The Hall–Kier alpha value is -1.27. The largest absolute Gasteiger partial charge is 0.481 e. The smallest absolute Gasteiger partial charge is 0.318 e. The monoisotopic (exact) mass is 274 g/mol. The third kappa shape index (κ3) is 4.93. The molecule has 1 aliphatic rings. The van der Waals surface area contributed by atoms with E-state index in [1.54, 1.807) is 0 Å². The topological polar surface area (TPSA) is 83.8 Å². The third-order valence-corrected chi connectivity index (χ3v) is 4.57. The number of rotatable bonds is 8. The van der Waals surface area contributed by atoms with Gasteiger partial charge in [0.2, 0.25) is 0 Å². The molecule has 0 saturated carbocycles. The number of unbranched alkanes of at least 4 members (excludes halogenated alkanes) is 1. The highest BCUT2D eigenvalue weighted by molar-refractivity contribution is 8.23. The van der Waals surface area contributed by atoms with Gasteiger partial charge in [0.1, 0.15) is 5.25 Å². The lowest BCUT2D eigenvalue weighted by Gasteiger charge is -2.21. The fourth-order valence-corrected chi connectivity index (χ4v) is 3.31. The van der Waals surface area contributed by atoms with Gasteiger partial charge in [0, 0.05) is 6.61 Å². The van der Waals surface area contributed by atoms with Crippen molar-refractivity contribution in [3.63, 3.8) is 0 Å². The van der Waals surface area contributed by atoms with Gasteiger partial charge >= 0.3 is 11.9 Å². The van der Waals surface area contributed by atoms with Crippen LogP contribution in [0.5, 0.6) is 0 Å². The summed E-state index contributed by atoms with van der Waals surface area (Å²) in [4.78, 5) is 22.6. The fraction of sp³-hybridized carbons (Fsp3) is 0.500. The summed E-state index contributed by atoms with van der Waals surface area (Å²) in [6, 6.07) is 0. The van der Waals surface area contributed by atoms with Crippen LogP contribution in [0, 0.1) is 0 Å². The number of carbonyl (C=O) groups is 2. The molecule has 2 N–H and O–H groups in total. The molecule has 0 amide bonds. The van der Waals surface area contributed by atoms with Crippen LogP contribution in [-0.2, 0) is 14.3 Å². The Morgan fingerprint density at radius 1 is 1.22 bits per heavy atom. The van der Waals surface area contributed by atoms with Gasteiger partial charge in [-0.25, -0.2) is 0 Å².